The maximum absolute atomic E-state index is 12.7. The Morgan fingerprint density at radius 1 is 1.08 bits per heavy atom. The van der Waals surface area contributed by atoms with E-state index in [0.717, 1.165) is 11.1 Å². The third kappa shape index (κ3) is 4.29. The van der Waals surface area contributed by atoms with E-state index in [0.29, 0.717) is 12.0 Å². The lowest BCUT2D eigenvalue weighted by molar-refractivity contribution is -0.124. The van der Waals surface area contributed by atoms with E-state index in [-0.39, 0.29) is 12.5 Å². The summed E-state index contributed by atoms with van der Waals surface area (Å²) in [7, 11) is 0. The van der Waals surface area contributed by atoms with E-state index in [1.165, 1.54) is 11.0 Å². The Balaban J connectivity index is 1.72. The quantitative estimate of drug-likeness (QED) is 0.656. The second-order valence-electron chi connectivity index (χ2n) is 5.78. The second-order valence-corrected chi connectivity index (χ2v) is 5.78. The Morgan fingerprint density at radius 3 is 2.54 bits per heavy atom. The maximum Gasteiger partial charge on any atom is 0.248 e. The normalized spacial score (nSPS) is 11.7. The van der Waals surface area contributed by atoms with Gasteiger partial charge in [0.15, 0.2) is 0 Å². The zero-order chi connectivity index (χ0) is 18.4. The van der Waals surface area contributed by atoms with Crippen molar-refractivity contribution >= 4 is 11.8 Å². The Kier molecular flexibility index (Phi) is 5.33. The average molecular weight is 350 g/mol. The highest BCUT2D eigenvalue weighted by Crippen LogP contribution is 2.14. The predicted molar refractivity (Wildman–Crippen MR) is 93.8 cm³/mol. The fourth-order valence-corrected chi connectivity index (χ4v) is 2.60. The van der Waals surface area contributed by atoms with E-state index >= 15 is 0 Å². The van der Waals surface area contributed by atoms with Crippen LogP contribution in [0.5, 0.6) is 0 Å². The summed E-state index contributed by atoms with van der Waals surface area (Å²) in [6.45, 7) is 0.271. The summed E-state index contributed by atoms with van der Waals surface area (Å²) in [6, 6.07) is 15.9. The fraction of sp³-hybridized carbons (Fsp3) is 0.167. The van der Waals surface area contributed by atoms with Gasteiger partial charge in [-0.05, 0) is 33.7 Å². The summed E-state index contributed by atoms with van der Waals surface area (Å²) >= 11 is 0. The molecule has 0 fully saturated rings. The summed E-state index contributed by atoms with van der Waals surface area (Å²) < 4.78 is 1.43. The van der Waals surface area contributed by atoms with Crippen LogP contribution < -0.4 is 11.1 Å². The number of nitrogens with one attached hydrogen (secondary N) is 1. The molecule has 0 saturated heterocycles. The third-order valence-electron chi connectivity index (χ3n) is 3.94. The number of aromatic nitrogens is 4. The van der Waals surface area contributed by atoms with Crippen LogP contribution in [0.1, 0.15) is 27.5 Å². The van der Waals surface area contributed by atoms with Crippen LogP contribution >= 0.6 is 0 Å². The second kappa shape index (κ2) is 8.02. The summed E-state index contributed by atoms with van der Waals surface area (Å²) in [5.74, 6) is -0.723. The van der Waals surface area contributed by atoms with Crippen LogP contribution in [0.25, 0.3) is 0 Å². The van der Waals surface area contributed by atoms with Crippen LogP contribution in [-0.4, -0.2) is 32.0 Å². The van der Waals surface area contributed by atoms with Gasteiger partial charge < -0.3 is 11.1 Å². The summed E-state index contributed by atoms with van der Waals surface area (Å²) in [4.78, 5) is 24.0. The number of carbonyl (C=O) groups excluding carboxylic acids is 2. The minimum absolute atomic E-state index is 0.217. The van der Waals surface area contributed by atoms with Gasteiger partial charge >= 0.3 is 0 Å². The van der Waals surface area contributed by atoms with E-state index in [4.69, 9.17) is 5.73 Å². The number of carbonyl (C=O) groups is 2. The van der Waals surface area contributed by atoms with Gasteiger partial charge in [0.05, 0.1) is 0 Å². The van der Waals surface area contributed by atoms with Gasteiger partial charge in [0, 0.05) is 18.5 Å². The van der Waals surface area contributed by atoms with Crippen molar-refractivity contribution in [3.8, 4) is 0 Å². The molecule has 2 aromatic carbocycles. The standard InChI is InChI=1S/C18H18N6O2/c19-17(25)15-8-4-7-14(9-15)11-20-18(26)16(24-12-21-22-23-24)10-13-5-2-1-3-6-13/h1-9,12,16H,10-11H2,(H2,19,25)(H,20,26). The largest absolute Gasteiger partial charge is 0.366 e. The van der Waals surface area contributed by atoms with Gasteiger partial charge in [-0.25, -0.2) is 4.68 Å². The Morgan fingerprint density at radius 2 is 1.85 bits per heavy atom. The number of rotatable bonds is 7. The number of hydrogen-bond acceptors (Lipinski definition) is 5. The first kappa shape index (κ1) is 17.3. The third-order valence-corrected chi connectivity index (χ3v) is 3.94. The lowest BCUT2D eigenvalue weighted by atomic mass is 10.1. The van der Waals surface area contributed by atoms with E-state index in [9.17, 15) is 9.59 Å². The lowest BCUT2D eigenvalue weighted by Crippen LogP contribution is -2.34. The number of benzene rings is 2. The lowest BCUT2D eigenvalue weighted by Gasteiger charge is -2.16. The molecule has 3 rings (SSSR count). The van der Waals surface area contributed by atoms with Crippen molar-refractivity contribution in [3.63, 3.8) is 0 Å². The highest BCUT2D eigenvalue weighted by molar-refractivity contribution is 5.92. The van der Waals surface area contributed by atoms with Crippen molar-refractivity contribution in [2.24, 2.45) is 5.73 Å². The van der Waals surface area contributed by atoms with Crippen LogP contribution in [0.2, 0.25) is 0 Å². The zero-order valence-corrected chi connectivity index (χ0v) is 13.9. The van der Waals surface area contributed by atoms with E-state index in [2.05, 4.69) is 20.8 Å². The first-order valence-electron chi connectivity index (χ1n) is 8.06. The van der Waals surface area contributed by atoms with Gasteiger partial charge in [-0.2, -0.15) is 0 Å². The Labute approximate surface area is 150 Å². The van der Waals surface area contributed by atoms with Crippen LogP contribution in [0.3, 0.4) is 0 Å². The molecule has 1 atom stereocenters. The molecule has 1 heterocycles. The van der Waals surface area contributed by atoms with Crippen molar-refractivity contribution in [1.29, 1.82) is 0 Å². The van der Waals surface area contributed by atoms with Gasteiger partial charge in [-0.3, -0.25) is 9.59 Å². The molecule has 1 aromatic heterocycles. The summed E-state index contributed by atoms with van der Waals surface area (Å²) in [5, 5.41) is 14.0. The fourth-order valence-electron chi connectivity index (χ4n) is 2.60. The minimum atomic E-state index is -0.577. The molecule has 0 aliphatic carbocycles. The number of tetrazole rings is 1. The van der Waals surface area contributed by atoms with E-state index in [1.54, 1.807) is 18.2 Å². The Bertz CT molecular complexity index is 880. The van der Waals surface area contributed by atoms with Crippen LogP contribution in [0, 0.1) is 0 Å². The number of nitrogens with two attached hydrogens (primary N) is 1. The maximum atomic E-state index is 12.7. The molecule has 132 valence electrons. The molecule has 3 N–H and O–H groups in total. The van der Waals surface area contributed by atoms with Gasteiger partial charge in [0.1, 0.15) is 12.4 Å². The molecule has 0 saturated carbocycles. The van der Waals surface area contributed by atoms with Gasteiger partial charge in [-0.15, -0.1) is 5.10 Å². The predicted octanol–water partition coefficient (Wildman–Crippen LogP) is 0.872. The number of nitrogens with zero attached hydrogens (tertiary/aromatic N) is 4. The molecule has 2 amide bonds. The molecule has 0 spiro atoms. The molecule has 8 heteroatoms. The van der Waals surface area contributed by atoms with Crippen LogP contribution in [0.4, 0.5) is 0 Å². The number of amides is 2. The van der Waals surface area contributed by atoms with Crippen molar-refractivity contribution in [1.82, 2.24) is 25.5 Å². The van der Waals surface area contributed by atoms with Crippen molar-refractivity contribution in [3.05, 3.63) is 77.6 Å². The molecule has 3 aromatic rings. The van der Waals surface area contributed by atoms with Gasteiger partial charge in [0.25, 0.3) is 0 Å². The molecule has 1 unspecified atom stereocenters. The molecule has 26 heavy (non-hydrogen) atoms. The van der Waals surface area contributed by atoms with Crippen molar-refractivity contribution < 1.29 is 9.59 Å². The molecular formula is C18H18N6O2. The van der Waals surface area contributed by atoms with Crippen molar-refractivity contribution in [2.45, 2.75) is 19.0 Å². The first-order chi connectivity index (χ1) is 12.6. The molecule has 0 radical (unpaired) electrons. The SMILES string of the molecule is NC(=O)c1cccc(CNC(=O)C(Cc2ccccc2)n2cnnn2)c1. The van der Waals surface area contributed by atoms with Crippen molar-refractivity contribution in [2.75, 3.05) is 0 Å². The molecule has 0 aliphatic heterocycles. The average Bonchev–Trinajstić information content (AvgIpc) is 3.19. The van der Waals surface area contributed by atoms with E-state index < -0.39 is 11.9 Å². The zero-order valence-electron chi connectivity index (χ0n) is 13.9. The molecular weight excluding hydrogens is 332 g/mol. The van der Waals surface area contributed by atoms with Crippen LogP contribution in [0.15, 0.2) is 60.9 Å². The highest BCUT2D eigenvalue weighted by Gasteiger charge is 2.22. The summed E-state index contributed by atoms with van der Waals surface area (Å²) in [6.07, 6.45) is 1.87. The number of hydrogen-bond donors (Lipinski definition) is 2. The van der Waals surface area contributed by atoms with Gasteiger partial charge in [0.2, 0.25) is 11.8 Å². The first-order valence-corrected chi connectivity index (χ1v) is 8.06. The smallest absolute Gasteiger partial charge is 0.248 e. The van der Waals surface area contributed by atoms with Gasteiger partial charge in [-0.1, -0.05) is 42.5 Å². The topological polar surface area (TPSA) is 116 Å². The molecule has 0 bridgehead atoms. The van der Waals surface area contributed by atoms with E-state index in [1.807, 2.05) is 36.4 Å². The molecule has 8 nitrogen and oxygen atoms in total. The highest BCUT2D eigenvalue weighted by atomic mass is 16.2. The molecule has 0 aliphatic rings. The minimum Gasteiger partial charge on any atom is -0.366 e. The van der Waals surface area contributed by atoms with Crippen LogP contribution in [-0.2, 0) is 17.8 Å². The summed E-state index contributed by atoms with van der Waals surface area (Å²) in [5.41, 5.74) is 7.47. The monoisotopic (exact) mass is 350 g/mol. The number of primary amides is 1. The Hall–Kier alpha value is -3.55.